The SMILES string of the molecule is COCCN1C(=O)C(O)=C(C(=O)C2CC2)[C@H]1c1ccc(OC)c(OC)c1. The summed E-state index contributed by atoms with van der Waals surface area (Å²) >= 11 is 0. The molecular weight excluding hydrogens is 338 g/mol. The van der Waals surface area contributed by atoms with E-state index in [9.17, 15) is 14.7 Å². The molecule has 2 aliphatic rings. The molecule has 0 spiro atoms. The molecule has 7 heteroatoms. The van der Waals surface area contributed by atoms with Crippen LogP contribution in [0.3, 0.4) is 0 Å². The molecule has 1 fully saturated rings. The second kappa shape index (κ2) is 7.37. The Hall–Kier alpha value is -2.54. The minimum atomic E-state index is -0.662. The summed E-state index contributed by atoms with van der Waals surface area (Å²) in [5.41, 5.74) is 0.848. The van der Waals surface area contributed by atoms with Gasteiger partial charge in [0.15, 0.2) is 23.0 Å². The number of aliphatic hydroxyl groups excluding tert-OH is 1. The molecule has 26 heavy (non-hydrogen) atoms. The predicted octanol–water partition coefficient (Wildman–Crippen LogP) is 2.02. The number of hydrogen-bond donors (Lipinski definition) is 1. The molecular formula is C19H23NO6. The van der Waals surface area contributed by atoms with Crippen molar-refractivity contribution < 1.29 is 28.9 Å². The van der Waals surface area contributed by atoms with Crippen LogP contribution in [0.2, 0.25) is 0 Å². The number of carbonyl (C=O) groups excluding carboxylic acids is 2. The molecule has 1 N–H and O–H groups in total. The monoisotopic (exact) mass is 361 g/mol. The fourth-order valence-corrected chi connectivity index (χ4v) is 3.26. The first kappa shape index (κ1) is 18.3. The molecule has 1 aromatic rings. The van der Waals surface area contributed by atoms with Crippen molar-refractivity contribution in [2.24, 2.45) is 5.92 Å². The molecule has 1 heterocycles. The first-order chi connectivity index (χ1) is 12.5. The van der Waals surface area contributed by atoms with Crippen LogP contribution in [0, 0.1) is 5.92 Å². The van der Waals surface area contributed by atoms with Crippen molar-refractivity contribution in [2.75, 3.05) is 34.5 Å². The summed E-state index contributed by atoms with van der Waals surface area (Å²) in [5, 5.41) is 10.4. The Bertz CT molecular complexity index is 752. The maximum Gasteiger partial charge on any atom is 0.290 e. The summed E-state index contributed by atoms with van der Waals surface area (Å²) in [6.45, 7) is 0.563. The van der Waals surface area contributed by atoms with Crippen molar-refractivity contribution in [1.82, 2.24) is 4.90 Å². The molecule has 1 aromatic carbocycles. The molecule has 0 unspecified atom stereocenters. The van der Waals surface area contributed by atoms with Gasteiger partial charge in [-0.3, -0.25) is 9.59 Å². The minimum Gasteiger partial charge on any atom is -0.503 e. The highest BCUT2D eigenvalue weighted by molar-refractivity contribution is 6.10. The molecule has 140 valence electrons. The lowest BCUT2D eigenvalue weighted by Gasteiger charge is -2.27. The van der Waals surface area contributed by atoms with E-state index >= 15 is 0 Å². The predicted molar refractivity (Wildman–Crippen MR) is 93.3 cm³/mol. The maximum atomic E-state index is 12.8. The fraction of sp³-hybridized carbons (Fsp3) is 0.474. The number of amides is 1. The molecule has 3 rings (SSSR count). The van der Waals surface area contributed by atoms with E-state index < -0.39 is 17.7 Å². The van der Waals surface area contributed by atoms with Gasteiger partial charge in [0.25, 0.3) is 5.91 Å². The van der Waals surface area contributed by atoms with Crippen LogP contribution < -0.4 is 9.47 Å². The smallest absolute Gasteiger partial charge is 0.290 e. The molecule has 0 saturated heterocycles. The summed E-state index contributed by atoms with van der Waals surface area (Å²) in [5.74, 6) is -0.231. The van der Waals surface area contributed by atoms with Crippen molar-refractivity contribution >= 4 is 11.7 Å². The van der Waals surface area contributed by atoms with Gasteiger partial charge >= 0.3 is 0 Å². The van der Waals surface area contributed by atoms with E-state index in [0.29, 0.717) is 23.7 Å². The highest BCUT2D eigenvalue weighted by Crippen LogP contribution is 2.44. The van der Waals surface area contributed by atoms with Gasteiger partial charge in [0.2, 0.25) is 0 Å². The Balaban J connectivity index is 2.05. The molecule has 0 bridgehead atoms. The number of Topliss-reactive ketones (excluding diaryl/α,β-unsaturated/α-hetero) is 1. The Labute approximate surface area is 152 Å². The van der Waals surface area contributed by atoms with Crippen molar-refractivity contribution in [1.29, 1.82) is 0 Å². The van der Waals surface area contributed by atoms with E-state index in [2.05, 4.69) is 0 Å². The van der Waals surface area contributed by atoms with E-state index in [0.717, 1.165) is 12.8 Å². The van der Waals surface area contributed by atoms with Crippen LogP contribution in [0.1, 0.15) is 24.4 Å². The number of hydrogen-bond acceptors (Lipinski definition) is 6. The Morgan fingerprint density at radius 1 is 1.19 bits per heavy atom. The number of benzene rings is 1. The first-order valence-corrected chi connectivity index (χ1v) is 8.52. The van der Waals surface area contributed by atoms with Gasteiger partial charge in [-0.25, -0.2) is 0 Å². The van der Waals surface area contributed by atoms with E-state index in [4.69, 9.17) is 14.2 Å². The van der Waals surface area contributed by atoms with Gasteiger partial charge in [0.05, 0.1) is 32.4 Å². The average molecular weight is 361 g/mol. The van der Waals surface area contributed by atoms with Crippen LogP contribution >= 0.6 is 0 Å². The lowest BCUT2D eigenvalue weighted by atomic mass is 9.94. The van der Waals surface area contributed by atoms with Gasteiger partial charge in [0, 0.05) is 19.6 Å². The molecule has 1 aliphatic carbocycles. The van der Waals surface area contributed by atoms with Crippen LogP contribution in [0.5, 0.6) is 11.5 Å². The zero-order chi connectivity index (χ0) is 18.8. The second-order valence-electron chi connectivity index (χ2n) is 6.41. The highest BCUT2D eigenvalue weighted by Gasteiger charge is 2.47. The average Bonchev–Trinajstić information content (AvgIpc) is 3.47. The molecule has 7 nitrogen and oxygen atoms in total. The maximum absolute atomic E-state index is 12.8. The largest absolute Gasteiger partial charge is 0.503 e. The first-order valence-electron chi connectivity index (χ1n) is 8.52. The zero-order valence-electron chi connectivity index (χ0n) is 15.2. The summed E-state index contributed by atoms with van der Waals surface area (Å²) in [7, 11) is 4.60. The summed E-state index contributed by atoms with van der Waals surface area (Å²) < 4.78 is 15.7. The van der Waals surface area contributed by atoms with Gasteiger partial charge in [-0.1, -0.05) is 6.07 Å². The third kappa shape index (κ3) is 3.14. The topological polar surface area (TPSA) is 85.3 Å². The third-order valence-corrected chi connectivity index (χ3v) is 4.78. The van der Waals surface area contributed by atoms with Crippen molar-refractivity contribution in [3.63, 3.8) is 0 Å². The van der Waals surface area contributed by atoms with Crippen LogP contribution in [-0.4, -0.2) is 56.2 Å². The molecule has 1 aliphatic heterocycles. The van der Waals surface area contributed by atoms with E-state index in [1.165, 1.54) is 26.2 Å². The van der Waals surface area contributed by atoms with Gasteiger partial charge in [-0.05, 0) is 30.5 Å². The van der Waals surface area contributed by atoms with Crippen LogP contribution in [0.4, 0.5) is 0 Å². The third-order valence-electron chi connectivity index (χ3n) is 4.78. The lowest BCUT2D eigenvalue weighted by Crippen LogP contribution is -2.34. The normalized spacial score (nSPS) is 19.9. The summed E-state index contributed by atoms with van der Waals surface area (Å²) in [6, 6.07) is 4.57. The molecule has 0 radical (unpaired) electrons. The van der Waals surface area contributed by atoms with Crippen LogP contribution in [0.15, 0.2) is 29.5 Å². The minimum absolute atomic E-state index is 0.107. The number of carbonyl (C=O) groups is 2. The van der Waals surface area contributed by atoms with Crippen molar-refractivity contribution in [3.05, 3.63) is 35.1 Å². The molecule has 1 amide bonds. The number of nitrogens with zero attached hydrogens (tertiary/aromatic N) is 1. The Kier molecular flexibility index (Phi) is 5.18. The van der Waals surface area contributed by atoms with E-state index in [-0.39, 0.29) is 23.8 Å². The van der Waals surface area contributed by atoms with Crippen LogP contribution in [-0.2, 0) is 14.3 Å². The molecule has 1 atom stereocenters. The highest BCUT2D eigenvalue weighted by atomic mass is 16.5. The van der Waals surface area contributed by atoms with E-state index in [1.807, 2.05) is 0 Å². The second-order valence-corrected chi connectivity index (χ2v) is 6.41. The lowest BCUT2D eigenvalue weighted by molar-refractivity contribution is -0.130. The van der Waals surface area contributed by atoms with Crippen LogP contribution in [0.25, 0.3) is 0 Å². The van der Waals surface area contributed by atoms with Gasteiger partial charge in [-0.2, -0.15) is 0 Å². The van der Waals surface area contributed by atoms with Crippen molar-refractivity contribution in [2.45, 2.75) is 18.9 Å². The number of methoxy groups -OCH3 is 3. The summed E-state index contributed by atoms with van der Waals surface area (Å²) in [6.07, 6.45) is 1.58. The summed E-state index contributed by atoms with van der Waals surface area (Å²) in [4.78, 5) is 26.8. The number of aliphatic hydroxyl groups is 1. The number of ketones is 1. The van der Waals surface area contributed by atoms with Gasteiger partial charge < -0.3 is 24.2 Å². The quantitative estimate of drug-likeness (QED) is 0.763. The Morgan fingerprint density at radius 2 is 1.88 bits per heavy atom. The fourth-order valence-electron chi connectivity index (χ4n) is 3.26. The molecule has 1 saturated carbocycles. The van der Waals surface area contributed by atoms with Gasteiger partial charge in [-0.15, -0.1) is 0 Å². The number of rotatable bonds is 8. The van der Waals surface area contributed by atoms with E-state index in [1.54, 1.807) is 18.2 Å². The molecule has 0 aromatic heterocycles. The zero-order valence-corrected chi connectivity index (χ0v) is 15.2. The van der Waals surface area contributed by atoms with Gasteiger partial charge in [0.1, 0.15) is 0 Å². The Morgan fingerprint density at radius 3 is 2.46 bits per heavy atom. The van der Waals surface area contributed by atoms with Crippen molar-refractivity contribution in [3.8, 4) is 11.5 Å². The number of ether oxygens (including phenoxy) is 3. The standard InChI is InChI=1S/C19H23NO6/c1-24-9-8-20-16(12-6-7-13(25-2)14(10-12)26-3)15(18(22)19(20)23)17(21)11-4-5-11/h6-7,10-11,16,22H,4-5,8-9H2,1-3H3/t16-/m1/s1.